The number of aryl methyl sites for hydroxylation is 1. The lowest BCUT2D eigenvalue weighted by atomic mass is 10.2. The zero-order valence-electron chi connectivity index (χ0n) is 9.95. The molecule has 0 aliphatic carbocycles. The number of rotatable bonds is 3. The van der Waals surface area contributed by atoms with Crippen LogP contribution in [0.15, 0.2) is 28.7 Å². The molecule has 1 heterocycles. The van der Waals surface area contributed by atoms with Crippen LogP contribution < -0.4 is 4.74 Å². The van der Waals surface area contributed by atoms with E-state index in [2.05, 4.69) is 20.9 Å². The first-order valence-electron chi connectivity index (χ1n) is 5.41. The van der Waals surface area contributed by atoms with Crippen LogP contribution >= 0.6 is 39.1 Å². The topological polar surface area (TPSA) is 42.4 Å². The van der Waals surface area contributed by atoms with Gasteiger partial charge in [0.05, 0.1) is 16.7 Å². The molecule has 0 amide bonds. The Morgan fingerprint density at radius 3 is 2.63 bits per heavy atom. The minimum atomic E-state index is -0.0516. The van der Waals surface area contributed by atoms with Crippen molar-refractivity contribution < 1.29 is 9.84 Å². The van der Waals surface area contributed by atoms with Gasteiger partial charge in [0.15, 0.2) is 0 Å². The van der Waals surface area contributed by atoms with Gasteiger partial charge in [-0.15, -0.1) is 0 Å². The number of aliphatic hydroxyl groups is 1. The zero-order chi connectivity index (χ0) is 14.0. The molecule has 3 nitrogen and oxygen atoms in total. The van der Waals surface area contributed by atoms with Crippen LogP contribution in [0.4, 0.5) is 0 Å². The molecule has 0 fully saturated rings. The molecule has 0 atom stereocenters. The predicted molar refractivity (Wildman–Crippen MR) is 79.1 cm³/mol. The Labute approximate surface area is 129 Å². The van der Waals surface area contributed by atoms with Crippen LogP contribution in [0.3, 0.4) is 0 Å². The predicted octanol–water partition coefficient (Wildman–Crippen LogP) is 4.74. The molecule has 0 unspecified atom stereocenters. The number of ether oxygens (including phenoxy) is 1. The van der Waals surface area contributed by atoms with Gasteiger partial charge < -0.3 is 9.84 Å². The van der Waals surface area contributed by atoms with Crippen LogP contribution in [0, 0.1) is 6.92 Å². The maximum Gasteiger partial charge on any atom is 0.219 e. The van der Waals surface area contributed by atoms with Gasteiger partial charge in [0.1, 0.15) is 5.75 Å². The standard InChI is InChI=1S/C13H10BrCl2NO2/c1-7-8(6-18)2-3-13(17-7)19-12-5-10(15)9(14)4-11(12)16/h2-5,18H,6H2,1H3. The van der Waals surface area contributed by atoms with Crippen molar-refractivity contribution >= 4 is 39.1 Å². The summed E-state index contributed by atoms with van der Waals surface area (Å²) in [6.45, 7) is 1.75. The Hall–Kier alpha value is -0.810. The summed E-state index contributed by atoms with van der Waals surface area (Å²) in [5, 5.41) is 10.0. The highest BCUT2D eigenvalue weighted by atomic mass is 79.9. The van der Waals surface area contributed by atoms with Gasteiger partial charge >= 0.3 is 0 Å². The average Bonchev–Trinajstić information content (AvgIpc) is 2.36. The molecule has 100 valence electrons. The van der Waals surface area contributed by atoms with E-state index < -0.39 is 0 Å². The van der Waals surface area contributed by atoms with Gasteiger partial charge in [-0.05, 0) is 40.5 Å². The number of benzene rings is 1. The zero-order valence-corrected chi connectivity index (χ0v) is 13.1. The van der Waals surface area contributed by atoms with Crippen molar-refractivity contribution in [1.82, 2.24) is 4.98 Å². The summed E-state index contributed by atoms with van der Waals surface area (Å²) in [5.74, 6) is 0.827. The molecular weight excluding hydrogens is 353 g/mol. The smallest absolute Gasteiger partial charge is 0.219 e. The lowest BCUT2D eigenvalue weighted by molar-refractivity contribution is 0.280. The second-order valence-electron chi connectivity index (χ2n) is 3.85. The summed E-state index contributed by atoms with van der Waals surface area (Å²) in [6, 6.07) is 6.70. The van der Waals surface area contributed by atoms with Crippen molar-refractivity contribution in [1.29, 1.82) is 0 Å². The van der Waals surface area contributed by atoms with E-state index in [1.807, 2.05) is 0 Å². The van der Waals surface area contributed by atoms with Crippen molar-refractivity contribution in [2.75, 3.05) is 0 Å². The first-order chi connectivity index (χ1) is 9.01. The minimum Gasteiger partial charge on any atom is -0.437 e. The normalized spacial score (nSPS) is 10.6. The fourth-order valence-electron chi connectivity index (χ4n) is 1.49. The Kier molecular flexibility index (Phi) is 4.68. The molecule has 0 radical (unpaired) electrons. The molecule has 0 bridgehead atoms. The van der Waals surface area contributed by atoms with Gasteiger partial charge in [-0.2, -0.15) is 0 Å². The van der Waals surface area contributed by atoms with Crippen molar-refractivity contribution in [2.24, 2.45) is 0 Å². The number of aromatic nitrogens is 1. The summed E-state index contributed by atoms with van der Waals surface area (Å²) in [5.41, 5.74) is 1.46. The van der Waals surface area contributed by atoms with E-state index in [1.54, 1.807) is 31.2 Å². The molecule has 0 aliphatic rings. The summed E-state index contributed by atoms with van der Waals surface area (Å²) in [4.78, 5) is 4.24. The molecular formula is C13H10BrCl2NO2. The minimum absolute atomic E-state index is 0.0516. The highest BCUT2D eigenvalue weighted by Gasteiger charge is 2.09. The van der Waals surface area contributed by atoms with Crippen molar-refractivity contribution in [3.63, 3.8) is 0 Å². The number of hydrogen-bond donors (Lipinski definition) is 1. The maximum atomic E-state index is 9.09. The van der Waals surface area contributed by atoms with Crippen LogP contribution in [-0.4, -0.2) is 10.1 Å². The average molecular weight is 363 g/mol. The van der Waals surface area contributed by atoms with E-state index in [0.29, 0.717) is 31.8 Å². The quantitative estimate of drug-likeness (QED) is 0.801. The Bertz CT molecular complexity index is 620. The molecule has 1 N–H and O–H groups in total. The van der Waals surface area contributed by atoms with E-state index >= 15 is 0 Å². The molecule has 6 heteroatoms. The molecule has 2 aromatic rings. The fourth-order valence-corrected chi connectivity index (χ4v) is 2.32. The van der Waals surface area contributed by atoms with E-state index in [9.17, 15) is 0 Å². The van der Waals surface area contributed by atoms with E-state index in [4.69, 9.17) is 33.0 Å². The van der Waals surface area contributed by atoms with Gasteiger partial charge in [0, 0.05) is 22.3 Å². The van der Waals surface area contributed by atoms with E-state index in [1.165, 1.54) is 0 Å². The molecule has 2 rings (SSSR count). The van der Waals surface area contributed by atoms with E-state index in [0.717, 1.165) is 5.56 Å². The first-order valence-corrected chi connectivity index (χ1v) is 6.96. The lowest BCUT2D eigenvalue weighted by Crippen LogP contribution is -1.95. The van der Waals surface area contributed by atoms with Gasteiger partial charge in [0.2, 0.25) is 5.88 Å². The summed E-state index contributed by atoms with van der Waals surface area (Å²) in [7, 11) is 0. The lowest BCUT2D eigenvalue weighted by Gasteiger charge is -2.10. The second kappa shape index (κ2) is 6.09. The molecule has 0 saturated heterocycles. The fraction of sp³-hybridized carbons (Fsp3) is 0.154. The third-order valence-electron chi connectivity index (χ3n) is 2.53. The summed E-state index contributed by atoms with van der Waals surface area (Å²) in [6.07, 6.45) is 0. The molecule has 1 aromatic carbocycles. The van der Waals surface area contributed by atoms with Crippen molar-refractivity contribution in [2.45, 2.75) is 13.5 Å². The van der Waals surface area contributed by atoms with Gasteiger partial charge in [0.25, 0.3) is 0 Å². The first kappa shape index (κ1) is 14.6. The number of pyridine rings is 1. The Balaban J connectivity index is 2.31. The van der Waals surface area contributed by atoms with Crippen LogP contribution in [-0.2, 0) is 6.61 Å². The SMILES string of the molecule is Cc1nc(Oc2cc(Cl)c(Br)cc2Cl)ccc1CO. The van der Waals surface area contributed by atoms with E-state index in [-0.39, 0.29) is 6.61 Å². The highest BCUT2D eigenvalue weighted by molar-refractivity contribution is 9.10. The summed E-state index contributed by atoms with van der Waals surface area (Å²) >= 11 is 15.3. The molecule has 19 heavy (non-hydrogen) atoms. The van der Waals surface area contributed by atoms with Gasteiger partial charge in [-0.1, -0.05) is 23.2 Å². The Morgan fingerprint density at radius 1 is 1.26 bits per heavy atom. The largest absolute Gasteiger partial charge is 0.437 e. The third-order valence-corrected chi connectivity index (χ3v) is 4.02. The van der Waals surface area contributed by atoms with Gasteiger partial charge in [-0.3, -0.25) is 0 Å². The summed E-state index contributed by atoms with van der Waals surface area (Å²) < 4.78 is 6.30. The maximum absolute atomic E-state index is 9.09. The van der Waals surface area contributed by atoms with Gasteiger partial charge in [-0.25, -0.2) is 4.98 Å². The van der Waals surface area contributed by atoms with Crippen LogP contribution in [0.1, 0.15) is 11.3 Å². The van der Waals surface area contributed by atoms with Crippen LogP contribution in [0.5, 0.6) is 11.6 Å². The number of halogens is 3. The molecule has 0 spiro atoms. The van der Waals surface area contributed by atoms with Crippen molar-refractivity contribution in [3.05, 3.63) is 50.0 Å². The Morgan fingerprint density at radius 2 is 2.00 bits per heavy atom. The second-order valence-corrected chi connectivity index (χ2v) is 5.52. The number of nitrogens with zero attached hydrogens (tertiary/aromatic N) is 1. The van der Waals surface area contributed by atoms with Crippen molar-refractivity contribution in [3.8, 4) is 11.6 Å². The molecule has 1 aromatic heterocycles. The van der Waals surface area contributed by atoms with Crippen LogP contribution in [0.25, 0.3) is 0 Å². The number of aliphatic hydroxyl groups excluding tert-OH is 1. The molecule has 0 saturated carbocycles. The molecule has 0 aliphatic heterocycles. The van der Waals surface area contributed by atoms with Crippen LogP contribution in [0.2, 0.25) is 10.0 Å². The number of hydrogen-bond acceptors (Lipinski definition) is 3. The third kappa shape index (κ3) is 3.39. The highest BCUT2D eigenvalue weighted by Crippen LogP contribution is 2.36. The monoisotopic (exact) mass is 361 g/mol.